The second-order valence-corrected chi connectivity index (χ2v) is 3.33. The quantitative estimate of drug-likeness (QED) is 0.774. The van der Waals surface area contributed by atoms with Crippen molar-refractivity contribution >= 4 is 0 Å². The number of hydrogen-bond donors (Lipinski definition) is 0. The van der Waals surface area contributed by atoms with Crippen LogP contribution in [-0.4, -0.2) is 13.2 Å². The summed E-state index contributed by atoms with van der Waals surface area (Å²) < 4.78 is 5.36. The molecule has 0 atom stereocenters. The van der Waals surface area contributed by atoms with E-state index in [9.17, 15) is 0 Å². The van der Waals surface area contributed by atoms with Crippen molar-refractivity contribution in [2.45, 2.75) is 27.7 Å². The van der Waals surface area contributed by atoms with Crippen molar-refractivity contribution < 1.29 is 27.1 Å². The van der Waals surface area contributed by atoms with E-state index < -0.39 is 0 Å². The molecule has 0 aliphatic carbocycles. The van der Waals surface area contributed by atoms with Gasteiger partial charge in [-0.2, -0.15) is 0 Å². The zero-order valence-electron chi connectivity index (χ0n) is 7.42. The van der Waals surface area contributed by atoms with Gasteiger partial charge in [-0.1, -0.05) is 27.7 Å². The van der Waals surface area contributed by atoms with Crippen LogP contribution in [0.1, 0.15) is 27.7 Å². The molecule has 0 aromatic heterocycles. The van der Waals surface area contributed by atoms with Crippen LogP contribution >= 0.6 is 0 Å². The zero-order chi connectivity index (χ0) is 7.28. The number of hydrogen-bond acceptors (Lipinski definition) is 1. The van der Waals surface area contributed by atoms with Crippen molar-refractivity contribution in [3.63, 3.8) is 0 Å². The Labute approximate surface area is 80.0 Å². The van der Waals surface area contributed by atoms with Crippen LogP contribution in [0.2, 0.25) is 0 Å². The normalized spacial score (nSPS) is 10.2. The Balaban J connectivity index is 0. The first kappa shape index (κ1) is 13.3. The third kappa shape index (κ3) is 11.5. The summed E-state index contributed by atoms with van der Waals surface area (Å²) in [5.41, 5.74) is 0. The van der Waals surface area contributed by atoms with Gasteiger partial charge in [-0.25, -0.2) is 0 Å². The molecule has 0 unspecified atom stereocenters. The molecule has 1 radical (unpaired) electrons. The fourth-order valence-electron chi connectivity index (χ4n) is 0.539. The topological polar surface area (TPSA) is 9.23 Å². The van der Waals surface area contributed by atoms with Crippen LogP contribution in [0.5, 0.6) is 0 Å². The first-order chi connectivity index (χ1) is 4.13. The van der Waals surface area contributed by atoms with Gasteiger partial charge in [-0.15, -0.1) is 0 Å². The van der Waals surface area contributed by atoms with E-state index in [1.165, 1.54) is 0 Å². The largest absolute Gasteiger partial charge is 0.381 e. The van der Waals surface area contributed by atoms with Gasteiger partial charge in [0.1, 0.15) is 0 Å². The third-order valence-corrected chi connectivity index (χ3v) is 0.902. The van der Waals surface area contributed by atoms with E-state index in [0.717, 1.165) is 13.2 Å². The Hall–Kier alpha value is 0.700. The zero-order valence-corrected chi connectivity index (χ0v) is 10.6. The van der Waals surface area contributed by atoms with E-state index in [0.29, 0.717) is 11.8 Å². The summed E-state index contributed by atoms with van der Waals surface area (Å²) in [5, 5.41) is 0. The Bertz CT molecular complexity index is 54.3. The van der Waals surface area contributed by atoms with Crippen LogP contribution in [0.3, 0.4) is 0 Å². The van der Waals surface area contributed by atoms with Crippen LogP contribution in [0.25, 0.3) is 0 Å². The van der Waals surface area contributed by atoms with E-state index in [1.807, 2.05) is 0 Å². The second kappa shape index (κ2) is 7.80. The molecule has 0 N–H and O–H groups in total. The smallest absolute Gasteiger partial charge is 0.0489 e. The molecule has 0 saturated heterocycles. The van der Waals surface area contributed by atoms with Crippen molar-refractivity contribution in [3.05, 3.63) is 0 Å². The summed E-state index contributed by atoms with van der Waals surface area (Å²) in [5.74, 6) is 1.34. The number of ether oxygens (including phenoxy) is 1. The summed E-state index contributed by atoms with van der Waals surface area (Å²) in [7, 11) is 0. The Morgan fingerprint density at radius 3 is 1.40 bits per heavy atom. The summed E-state index contributed by atoms with van der Waals surface area (Å²) in [6.45, 7) is 10.5. The molecule has 0 spiro atoms. The van der Waals surface area contributed by atoms with Gasteiger partial charge in [0.25, 0.3) is 0 Å². The first-order valence-electron chi connectivity index (χ1n) is 3.70. The maximum Gasteiger partial charge on any atom is 0.0489 e. The first-order valence-corrected chi connectivity index (χ1v) is 3.70. The van der Waals surface area contributed by atoms with Crippen LogP contribution < -0.4 is 0 Å². The van der Waals surface area contributed by atoms with Gasteiger partial charge in [0, 0.05) is 35.6 Å². The van der Waals surface area contributed by atoms with Gasteiger partial charge in [0.15, 0.2) is 0 Å². The van der Waals surface area contributed by atoms with Gasteiger partial charge >= 0.3 is 0 Å². The summed E-state index contributed by atoms with van der Waals surface area (Å²) in [4.78, 5) is 0. The predicted octanol–water partition coefficient (Wildman–Crippen LogP) is 2.31. The van der Waals surface area contributed by atoms with E-state index in [-0.39, 0.29) is 22.4 Å². The van der Waals surface area contributed by atoms with E-state index in [2.05, 4.69) is 27.7 Å². The molecule has 10 heavy (non-hydrogen) atoms. The van der Waals surface area contributed by atoms with Crippen molar-refractivity contribution in [2.24, 2.45) is 11.8 Å². The third-order valence-electron chi connectivity index (χ3n) is 0.902. The van der Waals surface area contributed by atoms with Crippen LogP contribution in [0.4, 0.5) is 0 Å². The van der Waals surface area contributed by atoms with E-state index in [4.69, 9.17) is 4.74 Å². The molecule has 1 nitrogen and oxygen atoms in total. The van der Waals surface area contributed by atoms with E-state index in [1.54, 1.807) is 0 Å². The Morgan fingerprint density at radius 2 is 1.20 bits per heavy atom. The summed E-state index contributed by atoms with van der Waals surface area (Å²) in [6, 6.07) is 0. The standard InChI is InChI=1S/C8H18O.Ta/c1-7(2)5-9-6-8(3)4;/h7-8H,5-6H2,1-4H3;. The fourth-order valence-corrected chi connectivity index (χ4v) is 0.539. The molecular formula is C8H18OTa. The van der Waals surface area contributed by atoms with Gasteiger partial charge in [-0.3, -0.25) is 0 Å². The maximum atomic E-state index is 5.36. The predicted molar refractivity (Wildman–Crippen MR) is 40.5 cm³/mol. The van der Waals surface area contributed by atoms with Crippen LogP contribution in [0, 0.1) is 11.8 Å². The molecule has 0 aromatic rings. The van der Waals surface area contributed by atoms with E-state index >= 15 is 0 Å². The SMILES string of the molecule is CC(C)COCC(C)C.[Ta]. The van der Waals surface area contributed by atoms with Gasteiger partial charge in [-0.05, 0) is 11.8 Å². The maximum absolute atomic E-state index is 5.36. The Kier molecular flexibility index (Phi) is 10.4. The molecule has 0 aromatic carbocycles. The van der Waals surface area contributed by atoms with Gasteiger partial charge in [0.05, 0.1) is 0 Å². The molecule has 0 saturated carbocycles. The summed E-state index contributed by atoms with van der Waals surface area (Å²) in [6.07, 6.45) is 0. The minimum absolute atomic E-state index is 0. The molecule has 0 fully saturated rings. The van der Waals surface area contributed by atoms with Gasteiger partial charge < -0.3 is 4.74 Å². The molecule has 61 valence electrons. The minimum Gasteiger partial charge on any atom is -0.381 e. The molecule has 0 rings (SSSR count). The van der Waals surface area contributed by atoms with Crippen LogP contribution in [0.15, 0.2) is 0 Å². The fraction of sp³-hybridized carbons (Fsp3) is 1.00. The molecule has 0 heterocycles. The average Bonchev–Trinajstić information content (AvgIpc) is 1.63. The second-order valence-electron chi connectivity index (χ2n) is 3.33. The van der Waals surface area contributed by atoms with Crippen molar-refractivity contribution in [3.8, 4) is 0 Å². The van der Waals surface area contributed by atoms with Crippen molar-refractivity contribution in [1.82, 2.24) is 0 Å². The van der Waals surface area contributed by atoms with Gasteiger partial charge in [0.2, 0.25) is 0 Å². The monoisotopic (exact) mass is 311 g/mol. The van der Waals surface area contributed by atoms with Crippen LogP contribution in [-0.2, 0) is 27.1 Å². The molecule has 0 amide bonds. The summed E-state index contributed by atoms with van der Waals surface area (Å²) >= 11 is 0. The average molecular weight is 311 g/mol. The molecule has 0 aliphatic rings. The molecular weight excluding hydrogens is 293 g/mol. The minimum atomic E-state index is 0. The number of rotatable bonds is 4. The molecule has 0 aliphatic heterocycles. The van der Waals surface area contributed by atoms with Crippen molar-refractivity contribution in [1.29, 1.82) is 0 Å². The van der Waals surface area contributed by atoms with Crippen molar-refractivity contribution in [2.75, 3.05) is 13.2 Å². The molecule has 2 heteroatoms. The molecule has 0 bridgehead atoms. The Morgan fingerprint density at radius 1 is 0.900 bits per heavy atom.